The van der Waals surface area contributed by atoms with Gasteiger partial charge in [0.25, 0.3) is 0 Å². The molecule has 2 aliphatic carbocycles. The van der Waals surface area contributed by atoms with Crippen LogP contribution in [0.25, 0.3) is 0 Å². The van der Waals surface area contributed by atoms with Gasteiger partial charge in [-0.3, -0.25) is 0 Å². The summed E-state index contributed by atoms with van der Waals surface area (Å²) in [5.74, 6) is 0.345. The predicted octanol–water partition coefficient (Wildman–Crippen LogP) is 9.61. The average Bonchev–Trinajstić information content (AvgIpc) is 3.49. The van der Waals surface area contributed by atoms with Crippen LogP contribution in [0, 0.1) is 16.7 Å². The van der Waals surface area contributed by atoms with Crippen molar-refractivity contribution in [1.29, 1.82) is 0 Å². The summed E-state index contributed by atoms with van der Waals surface area (Å²) in [6.07, 6.45) is 33.5. The van der Waals surface area contributed by atoms with Gasteiger partial charge in [0.2, 0.25) is 0 Å². The molecule has 2 fully saturated rings. The Hall–Kier alpha value is -2.72. The van der Waals surface area contributed by atoms with Gasteiger partial charge in [0.05, 0.1) is 12.2 Å². The number of fused-ring (bicyclic) bond motifs is 1. The van der Waals surface area contributed by atoms with Crippen LogP contribution in [-0.4, -0.2) is 33.6 Å². The normalized spacial score (nSPS) is 33.8. The molecule has 43 heavy (non-hydrogen) atoms. The minimum Gasteiger partial charge on any atom is -0.393 e. The van der Waals surface area contributed by atoms with Crippen LogP contribution in [0.15, 0.2) is 119 Å². The molecule has 0 unspecified atom stereocenters. The van der Waals surface area contributed by atoms with Crippen molar-refractivity contribution in [3.63, 3.8) is 0 Å². The lowest BCUT2D eigenvalue weighted by Crippen LogP contribution is -2.46. The largest absolute Gasteiger partial charge is 0.393 e. The first kappa shape index (κ1) is 34.8. The molecular formula is C40H56O3. The van der Waals surface area contributed by atoms with Gasteiger partial charge in [-0.1, -0.05) is 141 Å². The molecule has 0 aromatic rings. The van der Waals surface area contributed by atoms with E-state index in [9.17, 15) is 10.2 Å². The molecule has 1 saturated carbocycles. The molecule has 0 aromatic carbocycles. The van der Waals surface area contributed by atoms with E-state index in [2.05, 4.69) is 154 Å². The number of hydrogen-bond donors (Lipinski definition) is 2. The van der Waals surface area contributed by atoms with Crippen molar-refractivity contribution in [3.05, 3.63) is 119 Å². The highest BCUT2D eigenvalue weighted by Crippen LogP contribution is 2.66. The second-order valence-corrected chi connectivity index (χ2v) is 14.6. The molecule has 3 aliphatic rings. The monoisotopic (exact) mass is 584 g/mol. The number of rotatable bonds is 10. The molecule has 0 spiro atoms. The van der Waals surface area contributed by atoms with Gasteiger partial charge >= 0.3 is 0 Å². The highest BCUT2D eigenvalue weighted by molar-refractivity contribution is 5.37. The van der Waals surface area contributed by atoms with E-state index in [1.807, 2.05) is 6.08 Å². The van der Waals surface area contributed by atoms with E-state index in [-0.39, 0.29) is 34.2 Å². The highest BCUT2D eigenvalue weighted by Gasteiger charge is 2.74. The number of epoxide rings is 1. The summed E-state index contributed by atoms with van der Waals surface area (Å²) in [6, 6.07) is 0. The van der Waals surface area contributed by atoms with E-state index in [4.69, 9.17) is 4.74 Å². The Kier molecular flexibility index (Phi) is 11.3. The lowest BCUT2D eigenvalue weighted by Gasteiger charge is -2.39. The molecule has 3 rings (SSSR count). The topological polar surface area (TPSA) is 53.0 Å². The van der Waals surface area contributed by atoms with Gasteiger partial charge in [0, 0.05) is 17.8 Å². The predicted molar refractivity (Wildman–Crippen MR) is 184 cm³/mol. The Morgan fingerprint density at radius 2 is 1.23 bits per heavy atom. The Labute approximate surface area is 262 Å². The summed E-state index contributed by atoms with van der Waals surface area (Å²) in [5, 5.41) is 20.3. The van der Waals surface area contributed by atoms with Gasteiger partial charge < -0.3 is 14.9 Å². The fraction of sp³-hybridized carbons (Fsp3) is 0.500. The molecule has 1 aliphatic heterocycles. The van der Waals surface area contributed by atoms with Crippen molar-refractivity contribution in [2.75, 3.05) is 0 Å². The van der Waals surface area contributed by atoms with Crippen LogP contribution in [0.2, 0.25) is 0 Å². The third kappa shape index (κ3) is 8.91. The lowest BCUT2D eigenvalue weighted by molar-refractivity contribution is 0.0515. The van der Waals surface area contributed by atoms with Crippen LogP contribution in [0.3, 0.4) is 0 Å². The van der Waals surface area contributed by atoms with E-state index in [1.54, 1.807) is 0 Å². The van der Waals surface area contributed by atoms with Gasteiger partial charge in [-0.25, -0.2) is 0 Å². The summed E-state index contributed by atoms with van der Waals surface area (Å²) in [4.78, 5) is 0. The molecule has 1 saturated heterocycles. The summed E-state index contributed by atoms with van der Waals surface area (Å²) in [5.41, 5.74) is 5.38. The molecule has 0 bridgehead atoms. The highest BCUT2D eigenvalue weighted by atomic mass is 16.6. The van der Waals surface area contributed by atoms with E-state index in [0.717, 1.165) is 12.8 Å². The van der Waals surface area contributed by atoms with E-state index in [0.29, 0.717) is 12.3 Å². The van der Waals surface area contributed by atoms with E-state index >= 15 is 0 Å². The minimum absolute atomic E-state index is 0.0547. The quantitative estimate of drug-likeness (QED) is 0.153. The number of ether oxygens (including phenoxy) is 1. The van der Waals surface area contributed by atoms with Crippen molar-refractivity contribution < 1.29 is 14.9 Å². The Balaban J connectivity index is 1.49. The maximum atomic E-state index is 10.2. The van der Waals surface area contributed by atoms with Crippen molar-refractivity contribution in [3.8, 4) is 0 Å². The first-order valence-electron chi connectivity index (χ1n) is 15.8. The van der Waals surface area contributed by atoms with Gasteiger partial charge in [0.15, 0.2) is 0 Å². The number of aliphatic hydroxyl groups is 2. The van der Waals surface area contributed by atoms with Gasteiger partial charge in [-0.15, -0.1) is 0 Å². The minimum atomic E-state index is -0.333. The average molecular weight is 585 g/mol. The van der Waals surface area contributed by atoms with Crippen LogP contribution >= 0.6 is 0 Å². The Morgan fingerprint density at radius 3 is 1.77 bits per heavy atom. The van der Waals surface area contributed by atoms with Crippen LogP contribution in [0.1, 0.15) is 88.5 Å². The third-order valence-electron chi connectivity index (χ3n) is 9.43. The lowest BCUT2D eigenvalue weighted by atomic mass is 9.63. The standard InChI is InChI=1S/C40H56O3/c1-29(17-13-19-31(3)21-22-36-33(5)25-34(41)26-37(36,6)7)15-11-12-16-30(2)18-14-20-32(4)23-24-40-38(8,9)27-35(42)28-39(40,10)43-40/h11-25,34-36,41-42H,26-28H2,1-10H3/b12-11+,17-13+,18-14+,22-21+,24-23+,29-15-,30-16+,31-19-,32-20+/t34-,35+,36-,39+,40-/m0/s1. The summed E-state index contributed by atoms with van der Waals surface area (Å²) < 4.78 is 6.25. The van der Waals surface area contributed by atoms with Gasteiger partial charge in [0.1, 0.15) is 11.2 Å². The first-order chi connectivity index (χ1) is 20.0. The second-order valence-electron chi connectivity index (χ2n) is 14.6. The number of allylic oxidation sites excluding steroid dienone is 18. The SMILES string of the molecule is CC1=C[C@H](O)CC(C)(C)[C@H]1/C=C/C(C)=C\C=C\C(C)=C/C=C/C=C(C)/C=C/C=C(C)/C=C/[C@@]12O[C@]1(C)C[C@H](O)CC2(C)C. The van der Waals surface area contributed by atoms with Crippen molar-refractivity contribution >= 4 is 0 Å². The molecular weight excluding hydrogens is 528 g/mol. The second kappa shape index (κ2) is 13.9. The van der Waals surface area contributed by atoms with E-state index < -0.39 is 0 Å². The molecule has 3 nitrogen and oxygen atoms in total. The van der Waals surface area contributed by atoms with E-state index in [1.165, 1.54) is 27.9 Å². The van der Waals surface area contributed by atoms with Crippen LogP contribution < -0.4 is 0 Å². The Bertz CT molecular complexity index is 1320. The van der Waals surface area contributed by atoms with Crippen LogP contribution in [-0.2, 0) is 4.74 Å². The maximum absolute atomic E-state index is 10.2. The smallest absolute Gasteiger partial charge is 0.121 e. The molecule has 5 atom stereocenters. The summed E-state index contributed by atoms with van der Waals surface area (Å²) in [6.45, 7) is 21.5. The van der Waals surface area contributed by atoms with Crippen molar-refractivity contribution in [2.45, 2.75) is 112 Å². The number of aliphatic hydroxyl groups excluding tert-OH is 2. The fourth-order valence-electron chi connectivity index (χ4n) is 7.07. The molecule has 0 amide bonds. The maximum Gasteiger partial charge on any atom is 0.121 e. The Morgan fingerprint density at radius 1 is 0.721 bits per heavy atom. The zero-order valence-electron chi connectivity index (χ0n) is 28.3. The van der Waals surface area contributed by atoms with Crippen LogP contribution in [0.5, 0.6) is 0 Å². The van der Waals surface area contributed by atoms with Gasteiger partial charge in [-0.2, -0.15) is 0 Å². The fourth-order valence-corrected chi connectivity index (χ4v) is 7.07. The van der Waals surface area contributed by atoms with Crippen LogP contribution in [0.4, 0.5) is 0 Å². The zero-order chi connectivity index (χ0) is 32.1. The molecule has 0 aromatic heterocycles. The summed E-state index contributed by atoms with van der Waals surface area (Å²) >= 11 is 0. The van der Waals surface area contributed by atoms with Crippen molar-refractivity contribution in [1.82, 2.24) is 0 Å². The molecule has 234 valence electrons. The number of hydrogen-bond acceptors (Lipinski definition) is 3. The molecule has 3 heteroatoms. The third-order valence-corrected chi connectivity index (χ3v) is 9.43. The molecule has 0 radical (unpaired) electrons. The summed E-state index contributed by atoms with van der Waals surface area (Å²) in [7, 11) is 0. The van der Waals surface area contributed by atoms with Crippen molar-refractivity contribution in [2.24, 2.45) is 16.7 Å². The molecule has 1 heterocycles. The first-order valence-corrected chi connectivity index (χ1v) is 15.8. The zero-order valence-corrected chi connectivity index (χ0v) is 28.3. The molecule has 2 N–H and O–H groups in total. The van der Waals surface area contributed by atoms with Gasteiger partial charge in [-0.05, 0) is 65.9 Å².